The molecule has 0 heterocycles. The van der Waals surface area contributed by atoms with E-state index in [2.05, 4.69) is 10.6 Å². The number of carbonyl (C=O) groups excluding carboxylic acids is 1. The molecule has 0 aromatic carbocycles. The highest BCUT2D eigenvalue weighted by atomic mass is 16.4. The van der Waals surface area contributed by atoms with E-state index in [0.717, 1.165) is 6.42 Å². The number of amides is 1. The number of carboxylic acids is 1. The summed E-state index contributed by atoms with van der Waals surface area (Å²) in [6.07, 6.45) is 0.839. The van der Waals surface area contributed by atoms with Crippen LogP contribution in [0.4, 0.5) is 0 Å². The van der Waals surface area contributed by atoms with Gasteiger partial charge in [-0.25, -0.2) is 4.79 Å². The van der Waals surface area contributed by atoms with Crippen LogP contribution >= 0.6 is 0 Å². The topological polar surface area (TPSA) is 98.7 Å². The highest BCUT2D eigenvalue weighted by Crippen LogP contribution is 2.01. The predicted octanol–water partition coefficient (Wildman–Crippen LogP) is -0.674. The van der Waals surface area contributed by atoms with Crippen molar-refractivity contribution in [2.24, 2.45) is 0 Å². The van der Waals surface area contributed by atoms with E-state index in [9.17, 15) is 14.7 Å². The Morgan fingerprint density at radius 1 is 1.44 bits per heavy atom. The van der Waals surface area contributed by atoms with Crippen molar-refractivity contribution in [2.75, 3.05) is 13.1 Å². The summed E-state index contributed by atoms with van der Waals surface area (Å²) in [5, 5.41) is 23.4. The van der Waals surface area contributed by atoms with Gasteiger partial charge in [-0.2, -0.15) is 0 Å². The van der Waals surface area contributed by atoms with Gasteiger partial charge in [-0.3, -0.25) is 4.79 Å². The highest BCUT2D eigenvalue weighted by Gasteiger charge is 2.30. The van der Waals surface area contributed by atoms with E-state index in [1.807, 2.05) is 6.92 Å². The summed E-state index contributed by atoms with van der Waals surface area (Å²) < 4.78 is 0. The van der Waals surface area contributed by atoms with Crippen LogP contribution in [0.1, 0.15) is 27.2 Å². The van der Waals surface area contributed by atoms with Gasteiger partial charge in [-0.05, 0) is 20.3 Å². The Kier molecular flexibility index (Phi) is 5.98. The molecule has 16 heavy (non-hydrogen) atoms. The van der Waals surface area contributed by atoms with Gasteiger partial charge in [0.25, 0.3) is 0 Å². The largest absolute Gasteiger partial charge is 0.479 e. The van der Waals surface area contributed by atoms with Crippen molar-refractivity contribution >= 4 is 11.9 Å². The summed E-state index contributed by atoms with van der Waals surface area (Å²) in [5.74, 6) is -1.52. The minimum atomic E-state index is -1.86. The molecule has 0 spiro atoms. The summed E-state index contributed by atoms with van der Waals surface area (Å²) in [6.45, 7) is 5.14. The smallest absolute Gasteiger partial charge is 0.336 e. The summed E-state index contributed by atoms with van der Waals surface area (Å²) in [6, 6.07) is -0.530. The Labute approximate surface area is 95.0 Å². The van der Waals surface area contributed by atoms with Gasteiger partial charge in [0, 0.05) is 13.1 Å². The van der Waals surface area contributed by atoms with Crippen molar-refractivity contribution in [3.63, 3.8) is 0 Å². The van der Waals surface area contributed by atoms with Crippen LogP contribution in [0, 0.1) is 0 Å². The number of nitrogens with one attached hydrogen (secondary N) is 2. The van der Waals surface area contributed by atoms with E-state index < -0.39 is 17.6 Å². The fourth-order valence-corrected chi connectivity index (χ4v) is 0.921. The van der Waals surface area contributed by atoms with Crippen LogP contribution in [0.5, 0.6) is 0 Å². The number of rotatable bonds is 7. The van der Waals surface area contributed by atoms with Crippen molar-refractivity contribution in [3.8, 4) is 0 Å². The van der Waals surface area contributed by atoms with Gasteiger partial charge in [0.2, 0.25) is 5.91 Å². The Morgan fingerprint density at radius 3 is 2.44 bits per heavy atom. The first-order chi connectivity index (χ1) is 7.31. The molecule has 2 atom stereocenters. The van der Waals surface area contributed by atoms with E-state index in [4.69, 9.17) is 5.11 Å². The molecule has 0 radical (unpaired) electrons. The number of hydrogen-bond acceptors (Lipinski definition) is 4. The zero-order valence-corrected chi connectivity index (χ0v) is 9.91. The zero-order valence-electron chi connectivity index (χ0n) is 9.91. The molecule has 0 fully saturated rings. The van der Waals surface area contributed by atoms with Gasteiger partial charge in [0.05, 0.1) is 6.04 Å². The second-order valence-electron chi connectivity index (χ2n) is 3.97. The molecular formula is C10H20N2O4. The van der Waals surface area contributed by atoms with E-state index in [-0.39, 0.29) is 12.5 Å². The first-order valence-electron chi connectivity index (χ1n) is 5.28. The molecule has 6 nitrogen and oxygen atoms in total. The first kappa shape index (κ1) is 14.9. The SMILES string of the molecule is CCCNC(=O)C(C)NCC(C)(O)C(=O)O. The van der Waals surface area contributed by atoms with Gasteiger partial charge >= 0.3 is 5.97 Å². The summed E-state index contributed by atoms with van der Waals surface area (Å²) in [5.41, 5.74) is -1.86. The lowest BCUT2D eigenvalue weighted by atomic mass is 10.1. The van der Waals surface area contributed by atoms with E-state index >= 15 is 0 Å². The third-order valence-corrected chi connectivity index (χ3v) is 2.16. The minimum absolute atomic E-state index is 0.178. The average Bonchev–Trinajstić information content (AvgIpc) is 2.22. The molecule has 6 heteroatoms. The highest BCUT2D eigenvalue weighted by molar-refractivity contribution is 5.81. The number of hydrogen-bond donors (Lipinski definition) is 4. The first-order valence-corrected chi connectivity index (χ1v) is 5.28. The molecule has 0 saturated carbocycles. The molecule has 0 aliphatic heterocycles. The van der Waals surface area contributed by atoms with Gasteiger partial charge in [0.1, 0.15) is 0 Å². The van der Waals surface area contributed by atoms with Crippen molar-refractivity contribution in [2.45, 2.75) is 38.8 Å². The Bertz CT molecular complexity index is 253. The average molecular weight is 232 g/mol. The number of carboxylic acid groups (broad SMARTS) is 1. The molecule has 0 aliphatic carbocycles. The summed E-state index contributed by atoms with van der Waals surface area (Å²) >= 11 is 0. The normalized spacial score (nSPS) is 16.2. The molecule has 0 aromatic heterocycles. The number of carbonyl (C=O) groups is 2. The lowest BCUT2D eigenvalue weighted by molar-refractivity contribution is -0.156. The summed E-state index contributed by atoms with van der Waals surface area (Å²) in [7, 11) is 0. The third kappa shape index (κ3) is 5.09. The Hall–Kier alpha value is -1.14. The third-order valence-electron chi connectivity index (χ3n) is 2.16. The number of aliphatic hydroxyl groups is 1. The monoisotopic (exact) mass is 232 g/mol. The molecule has 94 valence electrons. The molecule has 0 saturated heterocycles. The van der Waals surface area contributed by atoms with Crippen LogP contribution in [0.3, 0.4) is 0 Å². The molecule has 0 aliphatic rings. The van der Waals surface area contributed by atoms with Crippen LogP contribution in [0.15, 0.2) is 0 Å². The molecule has 1 amide bonds. The van der Waals surface area contributed by atoms with Crippen molar-refractivity contribution in [1.29, 1.82) is 0 Å². The molecule has 0 aromatic rings. The maximum Gasteiger partial charge on any atom is 0.336 e. The Morgan fingerprint density at radius 2 is 2.00 bits per heavy atom. The second-order valence-corrected chi connectivity index (χ2v) is 3.97. The van der Waals surface area contributed by atoms with Crippen molar-refractivity contribution in [3.05, 3.63) is 0 Å². The quantitative estimate of drug-likeness (QED) is 0.466. The standard InChI is InChI=1S/C10H20N2O4/c1-4-5-11-8(13)7(2)12-6-10(3,16)9(14)15/h7,12,16H,4-6H2,1-3H3,(H,11,13)(H,14,15). The Balaban J connectivity index is 4.02. The van der Waals surface area contributed by atoms with Crippen molar-refractivity contribution < 1.29 is 19.8 Å². The van der Waals surface area contributed by atoms with E-state index in [1.54, 1.807) is 6.92 Å². The maximum atomic E-state index is 11.4. The molecular weight excluding hydrogens is 212 g/mol. The number of aliphatic carboxylic acids is 1. The van der Waals surface area contributed by atoms with Crippen LogP contribution < -0.4 is 10.6 Å². The van der Waals surface area contributed by atoms with Gasteiger partial charge in [0.15, 0.2) is 5.60 Å². The lowest BCUT2D eigenvalue weighted by Crippen LogP contribution is -2.51. The lowest BCUT2D eigenvalue weighted by Gasteiger charge is -2.21. The fourth-order valence-electron chi connectivity index (χ4n) is 0.921. The van der Waals surface area contributed by atoms with Gasteiger partial charge < -0.3 is 20.8 Å². The van der Waals surface area contributed by atoms with Crippen LogP contribution in [-0.4, -0.2) is 46.8 Å². The fraction of sp³-hybridized carbons (Fsp3) is 0.800. The van der Waals surface area contributed by atoms with Gasteiger partial charge in [-0.1, -0.05) is 6.92 Å². The molecule has 2 unspecified atom stereocenters. The maximum absolute atomic E-state index is 11.4. The summed E-state index contributed by atoms with van der Waals surface area (Å²) in [4.78, 5) is 22.0. The van der Waals surface area contributed by atoms with Crippen LogP contribution in [0.2, 0.25) is 0 Å². The zero-order chi connectivity index (χ0) is 12.8. The van der Waals surface area contributed by atoms with Crippen LogP contribution in [-0.2, 0) is 9.59 Å². The van der Waals surface area contributed by atoms with E-state index in [0.29, 0.717) is 6.54 Å². The molecule has 0 rings (SSSR count). The van der Waals surface area contributed by atoms with E-state index in [1.165, 1.54) is 6.92 Å². The predicted molar refractivity (Wildman–Crippen MR) is 59.0 cm³/mol. The van der Waals surface area contributed by atoms with Crippen molar-refractivity contribution in [1.82, 2.24) is 10.6 Å². The molecule has 0 bridgehead atoms. The second kappa shape index (κ2) is 6.44. The van der Waals surface area contributed by atoms with Gasteiger partial charge in [-0.15, -0.1) is 0 Å². The molecule has 4 N–H and O–H groups in total. The minimum Gasteiger partial charge on any atom is -0.479 e. The van der Waals surface area contributed by atoms with Crippen LogP contribution in [0.25, 0.3) is 0 Å².